The van der Waals surface area contributed by atoms with Crippen LogP contribution in [0, 0.1) is 0 Å². The highest BCUT2D eigenvalue weighted by Gasteiger charge is 2.48. The van der Waals surface area contributed by atoms with Crippen LogP contribution in [-0.2, 0) is 4.33 Å². The van der Waals surface area contributed by atoms with Gasteiger partial charge in [-0.25, -0.2) is 0 Å². The number of benzene rings is 2. The highest BCUT2D eigenvalue weighted by molar-refractivity contribution is 6.75. The van der Waals surface area contributed by atoms with Crippen LogP contribution < -0.4 is 0 Å². The molecule has 0 radical (unpaired) electrons. The third kappa shape index (κ3) is 2.35. The Kier molecular flexibility index (Phi) is 3.84. The molecule has 0 saturated carbocycles. The lowest BCUT2D eigenvalue weighted by Gasteiger charge is -2.29. The molecule has 0 spiro atoms. The van der Waals surface area contributed by atoms with Gasteiger partial charge in [0.25, 0.3) is 0 Å². The second-order valence-corrected chi connectivity index (χ2v) is 7.36. The Morgan fingerprint density at radius 1 is 0.833 bits per heavy atom. The number of aromatic hydroxyl groups is 1. The normalized spacial score (nSPS) is 12.9. The van der Waals surface area contributed by atoms with Crippen LogP contribution >= 0.6 is 58.0 Å². The maximum absolute atomic E-state index is 9.93. The van der Waals surface area contributed by atoms with E-state index >= 15 is 0 Å². The van der Waals surface area contributed by atoms with Crippen molar-refractivity contribution in [2.75, 3.05) is 0 Å². The van der Waals surface area contributed by atoms with Crippen molar-refractivity contribution in [3.05, 3.63) is 42.0 Å². The standard InChI is InChI=1S/C12H7Cl5O/c13-11(14,12(15,16)17)8-5-1-3-7-4-2-6-9(18)10(7)8/h1-6,18H. The van der Waals surface area contributed by atoms with E-state index in [1.807, 2.05) is 0 Å². The van der Waals surface area contributed by atoms with E-state index in [0.29, 0.717) is 10.9 Å². The van der Waals surface area contributed by atoms with Gasteiger partial charge in [-0.15, -0.1) is 0 Å². The number of phenolic OH excluding ortho intramolecular Hbond substituents is 1. The van der Waals surface area contributed by atoms with Crippen molar-refractivity contribution < 1.29 is 5.11 Å². The molecule has 1 nitrogen and oxygen atoms in total. The van der Waals surface area contributed by atoms with E-state index in [1.165, 1.54) is 6.07 Å². The summed E-state index contributed by atoms with van der Waals surface area (Å²) in [4.78, 5) is 0. The van der Waals surface area contributed by atoms with Crippen molar-refractivity contribution in [2.24, 2.45) is 0 Å². The van der Waals surface area contributed by atoms with Gasteiger partial charge in [0.1, 0.15) is 5.75 Å². The Labute approximate surface area is 129 Å². The summed E-state index contributed by atoms with van der Waals surface area (Å²) in [6, 6.07) is 10.2. The summed E-state index contributed by atoms with van der Waals surface area (Å²) in [5.41, 5.74) is 0.349. The van der Waals surface area contributed by atoms with Crippen molar-refractivity contribution >= 4 is 68.8 Å². The fraction of sp³-hybridized carbons (Fsp3) is 0.167. The average Bonchev–Trinajstić information content (AvgIpc) is 2.27. The third-order valence-electron chi connectivity index (χ3n) is 2.58. The second-order valence-electron chi connectivity index (χ2n) is 3.75. The maximum Gasteiger partial charge on any atom is 0.227 e. The summed E-state index contributed by atoms with van der Waals surface area (Å²) >= 11 is 29.7. The molecule has 0 aromatic heterocycles. The molecule has 0 aliphatic carbocycles. The van der Waals surface area contributed by atoms with Crippen LogP contribution in [0.5, 0.6) is 5.75 Å². The number of hydrogen-bond donors (Lipinski definition) is 1. The molecule has 0 bridgehead atoms. The van der Waals surface area contributed by atoms with Gasteiger partial charge in [0.2, 0.25) is 3.79 Å². The number of phenols is 1. The second kappa shape index (κ2) is 4.81. The molecule has 0 saturated heterocycles. The molecule has 96 valence electrons. The molecule has 0 aliphatic heterocycles. The van der Waals surface area contributed by atoms with E-state index in [9.17, 15) is 5.11 Å². The Balaban J connectivity index is 2.80. The first kappa shape index (κ1) is 14.4. The molecular formula is C12H7Cl5O. The first-order valence-corrected chi connectivity index (χ1v) is 6.80. The van der Waals surface area contributed by atoms with Crippen LogP contribution in [0.3, 0.4) is 0 Å². The van der Waals surface area contributed by atoms with Gasteiger partial charge in [-0.3, -0.25) is 0 Å². The minimum atomic E-state index is -1.92. The van der Waals surface area contributed by atoms with Crippen molar-refractivity contribution in [1.82, 2.24) is 0 Å². The fourth-order valence-corrected chi connectivity index (χ4v) is 2.36. The van der Waals surface area contributed by atoms with Crippen LogP contribution in [0.4, 0.5) is 0 Å². The van der Waals surface area contributed by atoms with E-state index < -0.39 is 8.13 Å². The molecule has 0 atom stereocenters. The molecule has 18 heavy (non-hydrogen) atoms. The predicted molar refractivity (Wildman–Crippen MR) is 79.3 cm³/mol. The van der Waals surface area contributed by atoms with Crippen LogP contribution in [0.15, 0.2) is 36.4 Å². The highest BCUT2D eigenvalue weighted by atomic mass is 35.6. The number of hydrogen-bond acceptors (Lipinski definition) is 1. The van der Waals surface area contributed by atoms with E-state index in [0.717, 1.165) is 5.39 Å². The number of halogens is 5. The van der Waals surface area contributed by atoms with E-state index in [4.69, 9.17) is 58.0 Å². The molecule has 6 heteroatoms. The molecule has 0 unspecified atom stereocenters. The SMILES string of the molecule is Oc1cccc2cccc(C(Cl)(Cl)C(Cl)(Cl)Cl)c12. The maximum atomic E-state index is 9.93. The van der Waals surface area contributed by atoms with Crippen LogP contribution in [0.2, 0.25) is 0 Å². The summed E-state index contributed by atoms with van der Waals surface area (Å²) in [7, 11) is 0. The van der Waals surface area contributed by atoms with Crippen molar-refractivity contribution in [3.63, 3.8) is 0 Å². The molecule has 0 heterocycles. The fourth-order valence-electron chi connectivity index (χ4n) is 1.74. The first-order chi connectivity index (χ1) is 8.25. The lowest BCUT2D eigenvalue weighted by Crippen LogP contribution is -2.28. The number of alkyl halides is 5. The Hall–Kier alpha value is -0.0500. The van der Waals surface area contributed by atoms with Gasteiger partial charge in [-0.1, -0.05) is 88.3 Å². The molecule has 2 rings (SSSR count). The largest absolute Gasteiger partial charge is 0.507 e. The van der Waals surface area contributed by atoms with Gasteiger partial charge >= 0.3 is 0 Å². The molecule has 2 aromatic carbocycles. The third-order valence-corrected chi connectivity index (χ3v) is 4.98. The first-order valence-electron chi connectivity index (χ1n) is 4.91. The lowest BCUT2D eigenvalue weighted by molar-refractivity contribution is 0.481. The van der Waals surface area contributed by atoms with Crippen LogP contribution in [0.25, 0.3) is 10.8 Å². The monoisotopic (exact) mass is 342 g/mol. The molecule has 0 amide bonds. The van der Waals surface area contributed by atoms with Gasteiger partial charge in [0, 0.05) is 10.9 Å². The molecule has 0 fully saturated rings. The highest BCUT2D eigenvalue weighted by Crippen LogP contribution is 2.55. The smallest absolute Gasteiger partial charge is 0.227 e. The Bertz CT molecular complexity index is 583. The lowest BCUT2D eigenvalue weighted by atomic mass is 10.0. The molecule has 1 N–H and O–H groups in total. The molecule has 2 aromatic rings. The minimum absolute atomic E-state index is 0.0306. The zero-order valence-electron chi connectivity index (χ0n) is 8.80. The van der Waals surface area contributed by atoms with Gasteiger partial charge in [0.15, 0.2) is 4.33 Å². The van der Waals surface area contributed by atoms with Crippen LogP contribution in [0.1, 0.15) is 5.56 Å². The number of rotatable bonds is 1. The zero-order valence-corrected chi connectivity index (χ0v) is 12.6. The van der Waals surface area contributed by atoms with Gasteiger partial charge in [-0.05, 0) is 11.5 Å². The van der Waals surface area contributed by atoms with Crippen LogP contribution in [-0.4, -0.2) is 8.90 Å². The van der Waals surface area contributed by atoms with Crippen molar-refractivity contribution in [3.8, 4) is 5.75 Å². The summed E-state index contributed by atoms with van der Waals surface area (Å²) in [5, 5.41) is 11.2. The quantitative estimate of drug-likeness (QED) is 0.673. The summed E-state index contributed by atoms with van der Waals surface area (Å²) in [6.07, 6.45) is 0. The minimum Gasteiger partial charge on any atom is -0.507 e. The van der Waals surface area contributed by atoms with Gasteiger partial charge < -0.3 is 5.11 Å². The predicted octanol–water partition coefficient (Wildman–Crippen LogP) is 5.55. The van der Waals surface area contributed by atoms with Gasteiger partial charge in [0.05, 0.1) is 0 Å². The van der Waals surface area contributed by atoms with Crippen molar-refractivity contribution in [1.29, 1.82) is 0 Å². The molecular weight excluding hydrogens is 337 g/mol. The summed E-state index contributed by atoms with van der Waals surface area (Å²) < 4.78 is -3.69. The van der Waals surface area contributed by atoms with Gasteiger partial charge in [-0.2, -0.15) is 0 Å². The average molecular weight is 344 g/mol. The topological polar surface area (TPSA) is 20.2 Å². The molecule has 0 aliphatic rings. The zero-order chi connectivity index (χ0) is 13.6. The summed E-state index contributed by atoms with van der Waals surface area (Å²) in [5.74, 6) is 0.0306. The van der Waals surface area contributed by atoms with E-state index in [-0.39, 0.29) is 5.75 Å². The summed E-state index contributed by atoms with van der Waals surface area (Å²) in [6.45, 7) is 0. The van der Waals surface area contributed by atoms with Crippen molar-refractivity contribution in [2.45, 2.75) is 8.13 Å². The number of fused-ring (bicyclic) bond motifs is 1. The van der Waals surface area contributed by atoms with E-state index in [2.05, 4.69) is 0 Å². The Morgan fingerprint density at radius 2 is 1.39 bits per heavy atom. The Morgan fingerprint density at radius 3 is 1.94 bits per heavy atom. The van der Waals surface area contributed by atoms with E-state index in [1.54, 1.807) is 30.3 Å².